The van der Waals surface area contributed by atoms with Gasteiger partial charge in [0.2, 0.25) is 11.8 Å². The van der Waals surface area contributed by atoms with Crippen molar-refractivity contribution >= 4 is 17.5 Å². The zero-order valence-electron chi connectivity index (χ0n) is 25.3. The van der Waals surface area contributed by atoms with E-state index in [1.54, 1.807) is 17.0 Å². The summed E-state index contributed by atoms with van der Waals surface area (Å²) in [7, 11) is 2.07. The van der Waals surface area contributed by atoms with Crippen LogP contribution >= 0.6 is 0 Å². The molecule has 2 heterocycles. The van der Waals surface area contributed by atoms with Gasteiger partial charge in [0.15, 0.2) is 0 Å². The number of rotatable bonds is 10. The first-order valence-corrected chi connectivity index (χ1v) is 14.8. The highest BCUT2D eigenvalue weighted by Gasteiger charge is 2.31. The van der Waals surface area contributed by atoms with Crippen LogP contribution in [-0.4, -0.2) is 85.8 Å². The summed E-state index contributed by atoms with van der Waals surface area (Å²) in [4.78, 5) is 30.0. The molecule has 11 nitrogen and oxygen atoms in total. The SMILES string of the molecule is C[C@@H]1CN([C@H](C)CO)C(=O)Cc2cc(NC(=O)Cn3cnnn3)ccc2O[C@@H]1CN(C)Cc1ccc(-c2ccccc2)cc1. The number of anilines is 1. The summed E-state index contributed by atoms with van der Waals surface area (Å²) < 4.78 is 7.97. The van der Waals surface area contributed by atoms with E-state index in [0.29, 0.717) is 30.1 Å². The third-order valence-electron chi connectivity index (χ3n) is 7.90. The van der Waals surface area contributed by atoms with Crippen molar-refractivity contribution in [1.29, 1.82) is 0 Å². The lowest BCUT2D eigenvalue weighted by Gasteiger charge is -2.34. The standard InChI is InChI=1S/C33H39N7O4/c1-23-17-40(24(2)21-41)33(43)16-28-15-29(35-32(42)20-39-22-34-36-37-39)13-14-30(28)44-31(23)19-38(3)18-25-9-11-27(12-10-25)26-7-5-4-6-8-26/h4-15,22-24,31,41H,16-21H2,1-3H3,(H,35,42)/t23-,24-,31-/m1/s1. The van der Waals surface area contributed by atoms with E-state index in [2.05, 4.69) is 76.1 Å². The molecule has 0 spiro atoms. The van der Waals surface area contributed by atoms with E-state index >= 15 is 0 Å². The van der Waals surface area contributed by atoms with Crippen molar-refractivity contribution in [2.45, 2.75) is 45.5 Å². The fraction of sp³-hybridized carbons (Fsp3) is 0.364. The second-order valence-electron chi connectivity index (χ2n) is 11.5. The molecule has 0 unspecified atom stereocenters. The van der Waals surface area contributed by atoms with Gasteiger partial charge in [0.05, 0.1) is 19.1 Å². The van der Waals surface area contributed by atoms with E-state index in [-0.39, 0.29) is 49.5 Å². The third kappa shape index (κ3) is 7.86. The molecule has 5 rings (SSSR count). The number of aliphatic hydroxyl groups is 1. The molecule has 0 radical (unpaired) electrons. The Morgan fingerprint density at radius 1 is 1.11 bits per heavy atom. The van der Waals surface area contributed by atoms with E-state index in [0.717, 1.165) is 6.54 Å². The number of carbonyl (C=O) groups is 2. The Hall–Kier alpha value is -4.61. The van der Waals surface area contributed by atoms with Crippen molar-refractivity contribution in [3.8, 4) is 16.9 Å². The minimum Gasteiger partial charge on any atom is -0.488 e. The van der Waals surface area contributed by atoms with E-state index in [4.69, 9.17) is 4.74 Å². The maximum absolute atomic E-state index is 13.5. The Morgan fingerprint density at radius 3 is 2.57 bits per heavy atom. The predicted molar refractivity (Wildman–Crippen MR) is 167 cm³/mol. The number of nitrogens with zero attached hydrogens (tertiary/aromatic N) is 6. The lowest BCUT2D eigenvalue weighted by Crippen LogP contribution is -2.47. The Bertz CT molecular complexity index is 1530. The van der Waals surface area contributed by atoms with Crippen LogP contribution < -0.4 is 10.1 Å². The normalized spacial score (nSPS) is 17.7. The smallest absolute Gasteiger partial charge is 0.246 e. The van der Waals surface area contributed by atoms with Crippen LogP contribution in [-0.2, 0) is 29.1 Å². The van der Waals surface area contributed by atoms with Gasteiger partial charge in [-0.05, 0) is 59.3 Å². The molecule has 11 heteroatoms. The summed E-state index contributed by atoms with van der Waals surface area (Å²) in [6.07, 6.45) is 1.21. The molecular formula is C33H39N7O4. The zero-order valence-corrected chi connectivity index (χ0v) is 25.3. The van der Waals surface area contributed by atoms with Crippen molar-refractivity contribution in [2.75, 3.05) is 32.1 Å². The van der Waals surface area contributed by atoms with Crippen molar-refractivity contribution in [3.63, 3.8) is 0 Å². The largest absolute Gasteiger partial charge is 0.488 e. The highest BCUT2D eigenvalue weighted by Crippen LogP contribution is 2.29. The van der Waals surface area contributed by atoms with Crippen LogP contribution in [0, 0.1) is 5.92 Å². The van der Waals surface area contributed by atoms with E-state index in [9.17, 15) is 14.7 Å². The number of aliphatic hydroxyl groups excluding tert-OH is 1. The molecular weight excluding hydrogens is 558 g/mol. The Labute approximate surface area is 257 Å². The molecule has 3 atom stereocenters. The predicted octanol–water partition coefficient (Wildman–Crippen LogP) is 3.26. The number of likely N-dealkylation sites (N-methyl/N-ethyl adjacent to an activating group) is 1. The summed E-state index contributed by atoms with van der Waals surface area (Å²) >= 11 is 0. The van der Waals surface area contributed by atoms with Crippen LogP contribution in [0.3, 0.4) is 0 Å². The number of hydrogen-bond donors (Lipinski definition) is 2. The fourth-order valence-corrected chi connectivity index (χ4v) is 5.44. The van der Waals surface area contributed by atoms with Crippen molar-refractivity contribution in [2.24, 2.45) is 5.92 Å². The number of amides is 2. The summed E-state index contributed by atoms with van der Waals surface area (Å²) in [5, 5.41) is 23.6. The van der Waals surface area contributed by atoms with Gasteiger partial charge in [-0.25, -0.2) is 4.68 Å². The van der Waals surface area contributed by atoms with Crippen LogP contribution in [0.15, 0.2) is 79.1 Å². The van der Waals surface area contributed by atoms with Crippen LogP contribution in [0.2, 0.25) is 0 Å². The lowest BCUT2D eigenvalue weighted by atomic mass is 10.0. The maximum atomic E-state index is 13.5. The molecule has 0 bridgehead atoms. The quantitative estimate of drug-likeness (QED) is 0.285. The average molecular weight is 598 g/mol. The van der Waals surface area contributed by atoms with Gasteiger partial charge in [-0.15, -0.1) is 5.10 Å². The van der Waals surface area contributed by atoms with E-state index < -0.39 is 0 Å². The van der Waals surface area contributed by atoms with Gasteiger partial charge in [-0.1, -0.05) is 61.5 Å². The molecule has 0 fully saturated rings. The Kier molecular flexibility index (Phi) is 9.98. The molecule has 44 heavy (non-hydrogen) atoms. The second kappa shape index (κ2) is 14.2. The molecule has 2 N–H and O–H groups in total. The summed E-state index contributed by atoms with van der Waals surface area (Å²) in [6.45, 7) is 5.56. The number of fused-ring (bicyclic) bond motifs is 1. The first-order chi connectivity index (χ1) is 21.3. The number of aromatic nitrogens is 4. The van der Waals surface area contributed by atoms with Crippen molar-refractivity contribution < 1.29 is 19.4 Å². The molecule has 3 aromatic carbocycles. The zero-order chi connectivity index (χ0) is 31.1. The van der Waals surface area contributed by atoms with Gasteiger partial charge in [0, 0.05) is 36.8 Å². The average Bonchev–Trinajstić information content (AvgIpc) is 3.54. The minimum atomic E-state index is -0.341. The van der Waals surface area contributed by atoms with Gasteiger partial charge in [0.1, 0.15) is 24.7 Å². The molecule has 1 aliphatic heterocycles. The molecule has 0 aliphatic carbocycles. The molecule has 2 amide bonds. The van der Waals surface area contributed by atoms with Gasteiger partial charge in [-0.3, -0.25) is 14.5 Å². The van der Waals surface area contributed by atoms with Crippen LogP contribution in [0.5, 0.6) is 5.75 Å². The monoisotopic (exact) mass is 597 g/mol. The first-order valence-electron chi connectivity index (χ1n) is 14.8. The van der Waals surface area contributed by atoms with E-state index in [1.807, 2.05) is 31.2 Å². The molecule has 4 aromatic rings. The highest BCUT2D eigenvalue weighted by molar-refractivity contribution is 5.91. The summed E-state index contributed by atoms with van der Waals surface area (Å²) in [6, 6.07) is 23.9. The van der Waals surface area contributed by atoms with E-state index in [1.165, 1.54) is 27.7 Å². The third-order valence-corrected chi connectivity index (χ3v) is 7.90. The van der Waals surface area contributed by atoms with Gasteiger partial charge in [0.25, 0.3) is 0 Å². The molecule has 230 valence electrons. The maximum Gasteiger partial charge on any atom is 0.246 e. The Morgan fingerprint density at radius 2 is 1.86 bits per heavy atom. The number of benzene rings is 3. The number of tetrazole rings is 1. The van der Waals surface area contributed by atoms with Crippen molar-refractivity contribution in [1.82, 2.24) is 30.0 Å². The lowest BCUT2D eigenvalue weighted by molar-refractivity contribution is -0.134. The fourth-order valence-electron chi connectivity index (χ4n) is 5.44. The minimum absolute atomic E-state index is 0.0162. The number of carbonyl (C=O) groups excluding carboxylic acids is 2. The van der Waals surface area contributed by atoms with Gasteiger partial charge < -0.3 is 20.1 Å². The topological polar surface area (TPSA) is 126 Å². The molecule has 0 saturated heterocycles. The van der Waals surface area contributed by atoms with Crippen LogP contribution in [0.1, 0.15) is 25.0 Å². The van der Waals surface area contributed by atoms with Crippen LogP contribution in [0.4, 0.5) is 5.69 Å². The number of ether oxygens (including phenoxy) is 1. The molecule has 1 aliphatic rings. The number of hydrogen-bond acceptors (Lipinski definition) is 8. The first kappa shape index (κ1) is 30.8. The van der Waals surface area contributed by atoms with Crippen molar-refractivity contribution in [3.05, 3.63) is 90.3 Å². The van der Waals surface area contributed by atoms with Crippen LogP contribution in [0.25, 0.3) is 11.1 Å². The van der Waals surface area contributed by atoms with Gasteiger partial charge in [-0.2, -0.15) is 0 Å². The number of nitrogens with one attached hydrogen (secondary N) is 1. The molecule has 1 aromatic heterocycles. The summed E-state index contributed by atoms with van der Waals surface area (Å²) in [5.41, 5.74) is 4.76. The highest BCUT2D eigenvalue weighted by atomic mass is 16.5. The second-order valence-corrected chi connectivity index (χ2v) is 11.5. The van der Waals surface area contributed by atoms with Gasteiger partial charge >= 0.3 is 0 Å². The summed E-state index contributed by atoms with van der Waals surface area (Å²) in [5.74, 6) is 0.186. The Balaban J connectivity index is 1.33. The molecule has 0 saturated carbocycles.